The van der Waals surface area contributed by atoms with Crippen molar-refractivity contribution in [2.24, 2.45) is 40.9 Å². The summed E-state index contributed by atoms with van der Waals surface area (Å²) in [6, 6.07) is 0. The molecule has 0 amide bonds. The van der Waals surface area contributed by atoms with E-state index >= 15 is 0 Å². The van der Waals surface area contributed by atoms with Gasteiger partial charge in [0, 0.05) is 49.4 Å². The molecule has 2 saturated heterocycles. The van der Waals surface area contributed by atoms with Crippen LogP contribution >= 0.6 is 0 Å². The summed E-state index contributed by atoms with van der Waals surface area (Å²) in [5.41, 5.74) is 0.215. The van der Waals surface area contributed by atoms with Crippen molar-refractivity contribution in [1.29, 1.82) is 0 Å². The lowest BCUT2D eigenvalue weighted by molar-refractivity contribution is -0.165. The predicted octanol–water partition coefficient (Wildman–Crippen LogP) is 7.29. The van der Waals surface area contributed by atoms with E-state index < -0.39 is 46.9 Å². The van der Waals surface area contributed by atoms with Crippen LogP contribution in [0.15, 0.2) is 22.8 Å². The fourth-order valence-corrected chi connectivity index (χ4v) is 9.91. The standard InChI is InChI=1S/C41H62O8/c1-23(2)28-19-30(42)26(5)12-10-11-24(3)18-31(43)37-29-17-25(4)13-14-35-40(8,49-35)16-15-34-39(7,46)22-33(48-34)36(29)27(6)20-41(37,21-32(28)44)38(45)47-9/h17,23-24,26,28-29,33-35,37,46H,10-16,18-22H2,1-9H3/b25-17+/t24-,26+,28-,29-,33-,34+,35-,37+,39-,40+,41+/m0/s1. The zero-order chi connectivity index (χ0) is 36.1. The van der Waals surface area contributed by atoms with Crippen molar-refractivity contribution < 1.29 is 38.5 Å². The van der Waals surface area contributed by atoms with E-state index in [9.17, 15) is 24.3 Å². The van der Waals surface area contributed by atoms with E-state index in [1.807, 2.05) is 34.6 Å². The summed E-state index contributed by atoms with van der Waals surface area (Å²) < 4.78 is 18.5. The molecule has 5 aliphatic rings. The number of epoxide rings is 1. The molecule has 274 valence electrons. The molecule has 11 atom stereocenters. The monoisotopic (exact) mass is 682 g/mol. The van der Waals surface area contributed by atoms with E-state index in [1.54, 1.807) is 0 Å². The topological polar surface area (TPSA) is 120 Å². The van der Waals surface area contributed by atoms with E-state index in [0.717, 1.165) is 55.2 Å². The molecule has 3 aliphatic heterocycles. The molecule has 0 aromatic carbocycles. The molecule has 49 heavy (non-hydrogen) atoms. The van der Waals surface area contributed by atoms with Gasteiger partial charge in [-0.05, 0) is 83.6 Å². The van der Waals surface area contributed by atoms with Crippen LogP contribution in [0.25, 0.3) is 0 Å². The Labute approximate surface area is 294 Å². The Morgan fingerprint density at radius 1 is 0.959 bits per heavy atom. The molecule has 0 aromatic rings. The molecule has 2 bridgehead atoms. The van der Waals surface area contributed by atoms with E-state index in [1.165, 1.54) is 7.11 Å². The first-order valence-electron chi connectivity index (χ1n) is 19.0. The van der Waals surface area contributed by atoms with Crippen LogP contribution in [0.4, 0.5) is 0 Å². The number of Topliss-reactive ketones (excluding diaryl/α,β-unsaturated/α-hetero) is 3. The lowest BCUT2D eigenvalue weighted by atomic mass is 9.54. The van der Waals surface area contributed by atoms with Gasteiger partial charge >= 0.3 is 5.97 Å². The normalized spacial score (nSPS) is 43.9. The minimum atomic E-state index is -1.43. The van der Waals surface area contributed by atoms with Gasteiger partial charge in [0.25, 0.3) is 0 Å². The van der Waals surface area contributed by atoms with Crippen molar-refractivity contribution in [3.05, 3.63) is 22.8 Å². The van der Waals surface area contributed by atoms with Gasteiger partial charge in [-0.3, -0.25) is 19.2 Å². The minimum absolute atomic E-state index is 0.0317. The summed E-state index contributed by atoms with van der Waals surface area (Å²) in [6.07, 6.45) is 7.66. The summed E-state index contributed by atoms with van der Waals surface area (Å²) in [6.45, 7) is 16.0. The highest BCUT2D eigenvalue weighted by molar-refractivity contribution is 5.96. The number of hydrogen-bond donors (Lipinski definition) is 1. The molecule has 3 fully saturated rings. The van der Waals surface area contributed by atoms with Gasteiger partial charge in [0.05, 0.1) is 42.0 Å². The van der Waals surface area contributed by atoms with Gasteiger partial charge in [0.2, 0.25) is 0 Å². The van der Waals surface area contributed by atoms with Gasteiger partial charge < -0.3 is 19.3 Å². The molecular formula is C41H62O8. The van der Waals surface area contributed by atoms with Gasteiger partial charge in [0.15, 0.2) is 0 Å². The summed E-state index contributed by atoms with van der Waals surface area (Å²) in [5, 5.41) is 11.7. The van der Waals surface area contributed by atoms with Crippen LogP contribution in [0.2, 0.25) is 0 Å². The predicted molar refractivity (Wildman–Crippen MR) is 188 cm³/mol. The minimum Gasteiger partial charge on any atom is -0.469 e. The lowest BCUT2D eigenvalue weighted by Gasteiger charge is -2.47. The molecule has 0 aromatic heterocycles. The number of ether oxygens (including phenoxy) is 3. The van der Waals surface area contributed by atoms with Crippen LogP contribution in [-0.2, 0) is 33.4 Å². The second kappa shape index (κ2) is 14.5. The molecule has 0 unspecified atom stereocenters. The van der Waals surface area contributed by atoms with Gasteiger partial charge in [-0.15, -0.1) is 0 Å². The number of hydrogen-bond acceptors (Lipinski definition) is 8. The highest BCUT2D eigenvalue weighted by atomic mass is 16.6. The molecule has 8 heteroatoms. The van der Waals surface area contributed by atoms with Crippen molar-refractivity contribution in [2.75, 3.05) is 7.11 Å². The van der Waals surface area contributed by atoms with Crippen LogP contribution in [0.3, 0.4) is 0 Å². The third-order valence-corrected chi connectivity index (χ3v) is 13.1. The fraction of sp³-hybridized carbons (Fsp3) is 0.805. The fourth-order valence-electron chi connectivity index (χ4n) is 9.91. The van der Waals surface area contributed by atoms with Crippen LogP contribution in [0, 0.1) is 40.9 Å². The zero-order valence-corrected chi connectivity index (χ0v) is 31.6. The van der Waals surface area contributed by atoms with Crippen molar-refractivity contribution in [1.82, 2.24) is 0 Å². The largest absolute Gasteiger partial charge is 0.469 e. The van der Waals surface area contributed by atoms with Crippen LogP contribution in [0.5, 0.6) is 0 Å². The third kappa shape index (κ3) is 7.72. The number of carbonyl (C=O) groups is 4. The maximum absolute atomic E-state index is 15.0. The van der Waals surface area contributed by atoms with Crippen molar-refractivity contribution in [2.45, 2.75) is 162 Å². The SMILES string of the molecule is COC(=O)[C@]12CC(=O)[C@H](C(C)C)CC(=O)[C@H](C)CCC[C@H](C)CC(=O)[C@H]1[C@H]1/C=C(\C)CC[C@@H]3O[C@]3(C)CC[C@H]3O[C@@H](C[C@]3(C)O)C1=C(C)C2. The Bertz CT molecular complexity index is 1370. The maximum atomic E-state index is 15.0. The van der Waals surface area contributed by atoms with E-state index in [-0.39, 0.29) is 72.5 Å². The van der Waals surface area contributed by atoms with Gasteiger partial charge in [-0.1, -0.05) is 57.8 Å². The van der Waals surface area contributed by atoms with Gasteiger partial charge in [-0.2, -0.15) is 0 Å². The quantitative estimate of drug-likeness (QED) is 0.183. The second-order valence-corrected chi connectivity index (χ2v) is 17.5. The Balaban J connectivity index is 1.69. The van der Waals surface area contributed by atoms with E-state index in [2.05, 4.69) is 26.8 Å². The number of allylic oxidation sites excluding steroid dienone is 3. The van der Waals surface area contributed by atoms with Crippen LogP contribution in [-0.4, -0.2) is 65.0 Å². The average molecular weight is 683 g/mol. The molecule has 8 nitrogen and oxygen atoms in total. The first-order chi connectivity index (χ1) is 22.9. The zero-order valence-electron chi connectivity index (χ0n) is 31.6. The molecule has 0 radical (unpaired) electrons. The molecule has 2 aliphatic carbocycles. The Kier molecular flexibility index (Phi) is 11.2. The highest BCUT2D eigenvalue weighted by Gasteiger charge is 2.60. The Morgan fingerprint density at radius 2 is 1.67 bits per heavy atom. The second-order valence-electron chi connectivity index (χ2n) is 17.5. The molecular weight excluding hydrogens is 620 g/mol. The van der Waals surface area contributed by atoms with Crippen molar-refractivity contribution in [3.63, 3.8) is 0 Å². The van der Waals surface area contributed by atoms with Crippen LogP contribution in [0.1, 0.15) is 132 Å². The Hall–Kier alpha value is -2.16. The number of carbonyl (C=O) groups excluding carboxylic acids is 4. The number of rotatable bonds is 2. The summed E-state index contributed by atoms with van der Waals surface area (Å²) in [5.74, 6) is -2.80. The van der Waals surface area contributed by atoms with E-state index in [4.69, 9.17) is 14.2 Å². The third-order valence-electron chi connectivity index (χ3n) is 13.1. The maximum Gasteiger partial charge on any atom is 0.313 e. The number of aliphatic hydroxyl groups is 1. The summed E-state index contributed by atoms with van der Waals surface area (Å²) in [7, 11) is 1.34. The van der Waals surface area contributed by atoms with Gasteiger partial charge in [-0.25, -0.2) is 0 Å². The van der Waals surface area contributed by atoms with Crippen molar-refractivity contribution in [3.8, 4) is 0 Å². The molecule has 1 N–H and O–H groups in total. The number of fused-ring (bicyclic) bond motifs is 7. The van der Waals surface area contributed by atoms with E-state index in [0.29, 0.717) is 12.8 Å². The lowest BCUT2D eigenvalue weighted by Crippen LogP contribution is -2.53. The number of esters is 1. The van der Waals surface area contributed by atoms with Crippen molar-refractivity contribution >= 4 is 23.3 Å². The average Bonchev–Trinajstić information content (AvgIpc) is 3.56. The highest BCUT2D eigenvalue weighted by Crippen LogP contribution is 2.56. The summed E-state index contributed by atoms with van der Waals surface area (Å²) in [4.78, 5) is 57.3. The molecule has 1 saturated carbocycles. The first kappa shape index (κ1) is 38.1. The van der Waals surface area contributed by atoms with Crippen LogP contribution < -0.4 is 0 Å². The summed E-state index contributed by atoms with van der Waals surface area (Å²) >= 11 is 0. The number of methoxy groups -OCH3 is 1. The smallest absolute Gasteiger partial charge is 0.313 e. The molecule has 0 spiro atoms. The number of ketones is 3. The first-order valence-corrected chi connectivity index (χ1v) is 19.0. The molecule has 5 rings (SSSR count). The molecule has 3 heterocycles. The van der Waals surface area contributed by atoms with Gasteiger partial charge in [0.1, 0.15) is 17.3 Å². The Morgan fingerprint density at radius 3 is 2.35 bits per heavy atom.